The van der Waals surface area contributed by atoms with Gasteiger partial charge in [0.1, 0.15) is 11.4 Å². The van der Waals surface area contributed by atoms with Gasteiger partial charge >= 0.3 is 0 Å². The van der Waals surface area contributed by atoms with E-state index in [0.29, 0.717) is 24.8 Å². The number of carbonyl (C=O) groups excluding carboxylic acids is 1. The first-order chi connectivity index (χ1) is 14.1. The fourth-order valence-electron chi connectivity index (χ4n) is 3.13. The highest BCUT2D eigenvalue weighted by molar-refractivity contribution is 6.18. The maximum Gasteiger partial charge on any atom is 0.268 e. The van der Waals surface area contributed by atoms with Gasteiger partial charge in [0.15, 0.2) is 0 Å². The summed E-state index contributed by atoms with van der Waals surface area (Å²) in [5, 5.41) is 3.03. The number of nitrogens with zero attached hydrogens (tertiary/aromatic N) is 1. The smallest absolute Gasteiger partial charge is 0.268 e. The number of ether oxygens (including phenoxy) is 1. The van der Waals surface area contributed by atoms with Crippen LogP contribution in [-0.4, -0.2) is 23.6 Å². The number of unbranched alkanes of at least 4 members (excludes halogenated alkanes) is 1. The summed E-state index contributed by atoms with van der Waals surface area (Å²) in [5.74, 6) is 0.967. The SMILES string of the molecule is CCCCC(CC)CNC(=O)C(=Cc1ccc(OCC)cc1)n1ccccc1=O. The molecule has 29 heavy (non-hydrogen) atoms. The van der Waals surface area contributed by atoms with Crippen molar-refractivity contribution in [2.75, 3.05) is 13.2 Å². The van der Waals surface area contributed by atoms with Crippen molar-refractivity contribution < 1.29 is 9.53 Å². The van der Waals surface area contributed by atoms with Crippen LogP contribution in [0.2, 0.25) is 0 Å². The van der Waals surface area contributed by atoms with Crippen molar-refractivity contribution >= 4 is 17.7 Å². The van der Waals surface area contributed by atoms with Crippen LogP contribution in [0.3, 0.4) is 0 Å². The summed E-state index contributed by atoms with van der Waals surface area (Å²) < 4.78 is 6.86. The number of benzene rings is 1. The van der Waals surface area contributed by atoms with Gasteiger partial charge < -0.3 is 10.1 Å². The van der Waals surface area contributed by atoms with Crippen molar-refractivity contribution in [1.29, 1.82) is 0 Å². The minimum Gasteiger partial charge on any atom is -0.494 e. The largest absolute Gasteiger partial charge is 0.494 e. The minimum absolute atomic E-state index is 0.238. The maximum atomic E-state index is 13.0. The van der Waals surface area contributed by atoms with Crippen LogP contribution in [-0.2, 0) is 4.79 Å². The third kappa shape index (κ3) is 6.93. The van der Waals surface area contributed by atoms with Crippen molar-refractivity contribution in [3.8, 4) is 5.75 Å². The summed E-state index contributed by atoms with van der Waals surface area (Å²) in [6.07, 6.45) is 7.77. The van der Waals surface area contributed by atoms with Gasteiger partial charge in [0, 0.05) is 18.8 Å². The fourth-order valence-corrected chi connectivity index (χ4v) is 3.13. The average Bonchev–Trinajstić information content (AvgIpc) is 2.74. The third-order valence-electron chi connectivity index (χ3n) is 4.90. The second-order valence-electron chi connectivity index (χ2n) is 7.07. The Morgan fingerprint density at radius 2 is 1.90 bits per heavy atom. The number of nitrogens with one attached hydrogen (secondary N) is 1. The number of hydrogen-bond donors (Lipinski definition) is 1. The number of pyridine rings is 1. The van der Waals surface area contributed by atoms with Gasteiger partial charge in [0.25, 0.3) is 11.5 Å². The zero-order chi connectivity index (χ0) is 21.1. The molecule has 0 aliphatic carbocycles. The predicted molar refractivity (Wildman–Crippen MR) is 119 cm³/mol. The van der Waals surface area contributed by atoms with E-state index in [2.05, 4.69) is 19.2 Å². The van der Waals surface area contributed by atoms with Crippen LogP contribution < -0.4 is 15.6 Å². The zero-order valence-corrected chi connectivity index (χ0v) is 17.7. The van der Waals surface area contributed by atoms with Gasteiger partial charge in [-0.15, -0.1) is 0 Å². The van der Waals surface area contributed by atoms with E-state index in [1.54, 1.807) is 24.4 Å². The van der Waals surface area contributed by atoms with Gasteiger partial charge in [0.05, 0.1) is 6.61 Å². The highest BCUT2D eigenvalue weighted by Gasteiger charge is 2.15. The van der Waals surface area contributed by atoms with E-state index in [9.17, 15) is 9.59 Å². The lowest BCUT2D eigenvalue weighted by molar-refractivity contribution is -0.116. The molecule has 1 unspecified atom stereocenters. The quantitative estimate of drug-likeness (QED) is 0.566. The van der Waals surface area contributed by atoms with Gasteiger partial charge in [-0.3, -0.25) is 14.2 Å². The lowest BCUT2D eigenvalue weighted by Gasteiger charge is -2.17. The first-order valence-electron chi connectivity index (χ1n) is 10.5. The molecular weight excluding hydrogens is 364 g/mol. The molecule has 0 aliphatic rings. The van der Waals surface area contributed by atoms with Gasteiger partial charge in [-0.05, 0) is 49.1 Å². The van der Waals surface area contributed by atoms with E-state index in [4.69, 9.17) is 4.74 Å². The summed E-state index contributed by atoms with van der Waals surface area (Å²) in [6, 6.07) is 12.3. The van der Waals surface area contributed by atoms with Gasteiger partial charge in [-0.2, -0.15) is 0 Å². The summed E-state index contributed by atoms with van der Waals surface area (Å²) in [5.41, 5.74) is 0.898. The van der Waals surface area contributed by atoms with E-state index < -0.39 is 0 Å². The van der Waals surface area contributed by atoms with E-state index in [1.807, 2.05) is 31.2 Å². The molecule has 0 radical (unpaired) electrons. The topological polar surface area (TPSA) is 60.3 Å². The van der Waals surface area contributed by atoms with E-state index in [0.717, 1.165) is 37.0 Å². The Balaban J connectivity index is 2.27. The van der Waals surface area contributed by atoms with Crippen molar-refractivity contribution in [3.63, 3.8) is 0 Å². The molecule has 156 valence electrons. The Labute approximate surface area is 173 Å². The Hall–Kier alpha value is -2.82. The Bertz CT molecular complexity index is 853. The van der Waals surface area contributed by atoms with Crippen molar-refractivity contribution in [2.45, 2.75) is 46.5 Å². The molecule has 1 atom stereocenters. The summed E-state index contributed by atoms with van der Waals surface area (Å²) in [7, 11) is 0. The normalized spacial score (nSPS) is 12.4. The van der Waals surface area contributed by atoms with Crippen LogP contribution >= 0.6 is 0 Å². The van der Waals surface area contributed by atoms with Crippen molar-refractivity contribution in [2.24, 2.45) is 5.92 Å². The maximum absolute atomic E-state index is 13.0. The van der Waals surface area contributed by atoms with E-state index in [-0.39, 0.29) is 11.5 Å². The molecule has 2 aromatic rings. The second-order valence-corrected chi connectivity index (χ2v) is 7.07. The van der Waals surface area contributed by atoms with Crippen LogP contribution in [0.25, 0.3) is 11.8 Å². The molecule has 1 heterocycles. The summed E-state index contributed by atoms with van der Waals surface area (Å²) >= 11 is 0. The average molecular weight is 397 g/mol. The first kappa shape index (κ1) is 22.5. The molecule has 1 aromatic heterocycles. The van der Waals surface area contributed by atoms with Crippen molar-refractivity contribution in [1.82, 2.24) is 9.88 Å². The van der Waals surface area contributed by atoms with E-state index in [1.165, 1.54) is 10.6 Å². The second kappa shape index (κ2) is 11.9. The van der Waals surface area contributed by atoms with Crippen LogP contribution in [0.1, 0.15) is 52.0 Å². The zero-order valence-electron chi connectivity index (χ0n) is 17.7. The van der Waals surface area contributed by atoms with Crippen LogP contribution in [0.15, 0.2) is 53.5 Å². The summed E-state index contributed by atoms with van der Waals surface area (Å²) in [6.45, 7) is 7.45. The Kier molecular flexibility index (Phi) is 9.22. The third-order valence-corrected chi connectivity index (χ3v) is 4.90. The predicted octanol–water partition coefficient (Wildman–Crippen LogP) is 4.58. The molecule has 2 rings (SSSR count). The molecule has 0 aliphatic heterocycles. The molecule has 0 fully saturated rings. The highest BCUT2D eigenvalue weighted by atomic mass is 16.5. The molecule has 1 amide bonds. The lowest BCUT2D eigenvalue weighted by atomic mass is 9.99. The van der Waals surface area contributed by atoms with Crippen LogP contribution in [0.4, 0.5) is 0 Å². The highest BCUT2D eigenvalue weighted by Crippen LogP contribution is 2.17. The van der Waals surface area contributed by atoms with Gasteiger partial charge in [-0.25, -0.2) is 0 Å². The molecule has 0 spiro atoms. The van der Waals surface area contributed by atoms with E-state index >= 15 is 0 Å². The van der Waals surface area contributed by atoms with Gasteiger partial charge in [-0.1, -0.05) is 51.3 Å². The number of hydrogen-bond acceptors (Lipinski definition) is 3. The van der Waals surface area contributed by atoms with Crippen molar-refractivity contribution in [3.05, 3.63) is 64.6 Å². The Morgan fingerprint density at radius 3 is 2.52 bits per heavy atom. The number of amides is 1. The molecular formula is C24H32N2O3. The Morgan fingerprint density at radius 1 is 1.14 bits per heavy atom. The molecule has 1 N–H and O–H groups in total. The van der Waals surface area contributed by atoms with Gasteiger partial charge in [0.2, 0.25) is 0 Å². The van der Waals surface area contributed by atoms with Crippen LogP contribution in [0.5, 0.6) is 5.75 Å². The molecule has 0 saturated heterocycles. The molecule has 0 saturated carbocycles. The number of rotatable bonds is 11. The number of carbonyl (C=O) groups is 1. The molecule has 0 bridgehead atoms. The molecule has 5 heteroatoms. The minimum atomic E-state index is -0.248. The monoisotopic (exact) mass is 396 g/mol. The lowest BCUT2D eigenvalue weighted by Crippen LogP contribution is -2.33. The van der Waals surface area contributed by atoms with Crippen LogP contribution in [0, 0.1) is 5.92 Å². The fraction of sp³-hybridized carbons (Fsp3) is 0.417. The first-order valence-corrected chi connectivity index (χ1v) is 10.5. The molecule has 5 nitrogen and oxygen atoms in total. The number of aromatic nitrogens is 1. The molecule has 1 aromatic carbocycles. The summed E-state index contributed by atoms with van der Waals surface area (Å²) in [4.78, 5) is 25.4. The standard InChI is InChI=1S/C24H32N2O3/c1-4-7-10-19(5-2)18-25-24(28)22(26-16-9-8-11-23(26)27)17-20-12-14-21(15-13-20)29-6-3/h8-9,11-17,19H,4-7,10,18H2,1-3H3,(H,25,28).